The SMILES string of the molecule is Cc1oc([C@@H](Cc2cn(C)c3ccccc23)NC(=O)[C@H](CC(C)C)NC(=O)NC2(C)CCCCC2)nc1C(=O)OCc1ccccc1. The summed E-state index contributed by atoms with van der Waals surface area (Å²) in [6, 6.07) is 15.6. The number of amides is 3. The van der Waals surface area contributed by atoms with Gasteiger partial charge in [-0.25, -0.2) is 14.6 Å². The van der Waals surface area contributed by atoms with Crippen LogP contribution in [0.4, 0.5) is 4.79 Å². The molecule has 3 amide bonds. The zero-order valence-corrected chi connectivity index (χ0v) is 28.1. The molecular weight excluding hydrogens is 594 g/mol. The second kappa shape index (κ2) is 14.9. The molecule has 0 bridgehead atoms. The zero-order valence-electron chi connectivity index (χ0n) is 28.1. The van der Waals surface area contributed by atoms with Crippen molar-refractivity contribution >= 4 is 28.8 Å². The van der Waals surface area contributed by atoms with Gasteiger partial charge in [0.2, 0.25) is 11.8 Å². The Morgan fingerprint density at radius 2 is 1.70 bits per heavy atom. The number of aromatic nitrogens is 2. The molecule has 1 fully saturated rings. The number of urea groups is 1. The van der Waals surface area contributed by atoms with Crippen LogP contribution in [0, 0.1) is 12.8 Å². The van der Waals surface area contributed by atoms with Crippen molar-refractivity contribution in [2.75, 3.05) is 0 Å². The molecule has 0 spiro atoms. The number of aryl methyl sites for hydroxylation is 2. The maximum Gasteiger partial charge on any atom is 0.360 e. The monoisotopic (exact) mass is 641 g/mol. The minimum Gasteiger partial charge on any atom is -0.456 e. The number of fused-ring (bicyclic) bond motifs is 1. The molecule has 10 nitrogen and oxygen atoms in total. The number of benzene rings is 2. The average molecular weight is 642 g/mol. The van der Waals surface area contributed by atoms with Crippen molar-refractivity contribution < 1.29 is 23.5 Å². The van der Waals surface area contributed by atoms with E-state index < -0.39 is 18.1 Å². The summed E-state index contributed by atoms with van der Waals surface area (Å²) in [5.41, 5.74) is 2.65. The Balaban J connectivity index is 1.39. The van der Waals surface area contributed by atoms with E-state index in [-0.39, 0.29) is 41.6 Å². The van der Waals surface area contributed by atoms with E-state index in [0.717, 1.165) is 47.7 Å². The molecule has 47 heavy (non-hydrogen) atoms. The fourth-order valence-corrected chi connectivity index (χ4v) is 6.46. The van der Waals surface area contributed by atoms with Crippen molar-refractivity contribution in [2.45, 2.75) is 96.9 Å². The van der Waals surface area contributed by atoms with Gasteiger partial charge in [-0.1, -0.05) is 81.6 Å². The largest absolute Gasteiger partial charge is 0.456 e. The van der Waals surface area contributed by atoms with Gasteiger partial charge < -0.3 is 29.7 Å². The molecule has 0 saturated heterocycles. The van der Waals surface area contributed by atoms with Crippen molar-refractivity contribution in [2.24, 2.45) is 13.0 Å². The molecule has 250 valence electrons. The van der Waals surface area contributed by atoms with Crippen LogP contribution in [0.1, 0.15) is 98.6 Å². The highest BCUT2D eigenvalue weighted by Crippen LogP contribution is 2.29. The van der Waals surface area contributed by atoms with Gasteiger partial charge in [-0.05, 0) is 56.2 Å². The molecule has 10 heteroatoms. The van der Waals surface area contributed by atoms with Crippen LogP contribution in [0.5, 0.6) is 0 Å². The van der Waals surface area contributed by atoms with Gasteiger partial charge in [-0.3, -0.25) is 4.79 Å². The van der Waals surface area contributed by atoms with Crippen LogP contribution >= 0.6 is 0 Å². The fraction of sp³-hybridized carbons (Fsp3) is 0.459. The van der Waals surface area contributed by atoms with Crippen LogP contribution in [-0.4, -0.2) is 39.0 Å². The topological polar surface area (TPSA) is 127 Å². The number of hydrogen-bond acceptors (Lipinski definition) is 6. The van der Waals surface area contributed by atoms with Gasteiger partial charge in [0.05, 0.1) is 0 Å². The fourth-order valence-electron chi connectivity index (χ4n) is 6.46. The second-order valence-electron chi connectivity index (χ2n) is 13.5. The molecule has 2 aromatic carbocycles. The number of hydrogen-bond donors (Lipinski definition) is 3. The summed E-state index contributed by atoms with van der Waals surface area (Å²) in [6.07, 6.45) is 7.95. The van der Waals surface area contributed by atoms with Crippen molar-refractivity contribution in [3.63, 3.8) is 0 Å². The first-order chi connectivity index (χ1) is 22.5. The van der Waals surface area contributed by atoms with E-state index in [9.17, 15) is 14.4 Å². The minimum atomic E-state index is -0.788. The normalized spacial score (nSPS) is 15.6. The maximum absolute atomic E-state index is 14.0. The minimum absolute atomic E-state index is 0.0602. The summed E-state index contributed by atoms with van der Waals surface area (Å²) >= 11 is 0. The Kier molecular flexibility index (Phi) is 10.7. The Hall–Kier alpha value is -4.60. The summed E-state index contributed by atoms with van der Waals surface area (Å²) in [7, 11) is 1.98. The maximum atomic E-state index is 14.0. The lowest BCUT2D eigenvalue weighted by Crippen LogP contribution is -2.56. The molecule has 2 heterocycles. The Labute approximate surface area is 276 Å². The third-order valence-corrected chi connectivity index (χ3v) is 8.94. The van der Waals surface area contributed by atoms with Crippen molar-refractivity contribution in [3.05, 3.63) is 89.3 Å². The molecule has 2 aromatic heterocycles. The number of oxazole rings is 1. The van der Waals surface area contributed by atoms with E-state index in [0.29, 0.717) is 18.6 Å². The van der Waals surface area contributed by atoms with Crippen LogP contribution in [0.3, 0.4) is 0 Å². The van der Waals surface area contributed by atoms with Crippen LogP contribution in [0.2, 0.25) is 0 Å². The van der Waals surface area contributed by atoms with Gasteiger partial charge in [-0.2, -0.15) is 0 Å². The number of carbonyl (C=O) groups excluding carboxylic acids is 3. The molecule has 1 saturated carbocycles. The third kappa shape index (κ3) is 8.61. The third-order valence-electron chi connectivity index (χ3n) is 8.94. The lowest BCUT2D eigenvalue weighted by atomic mass is 9.83. The summed E-state index contributed by atoms with van der Waals surface area (Å²) in [5, 5.41) is 10.2. The smallest absolute Gasteiger partial charge is 0.360 e. The Morgan fingerprint density at radius 1 is 1.00 bits per heavy atom. The lowest BCUT2D eigenvalue weighted by Gasteiger charge is -2.35. The highest BCUT2D eigenvalue weighted by molar-refractivity contribution is 5.89. The van der Waals surface area contributed by atoms with Crippen molar-refractivity contribution in [3.8, 4) is 0 Å². The van der Waals surface area contributed by atoms with Gasteiger partial charge in [0.1, 0.15) is 24.5 Å². The Bertz CT molecular complexity index is 1690. The van der Waals surface area contributed by atoms with Crippen LogP contribution < -0.4 is 16.0 Å². The summed E-state index contributed by atoms with van der Waals surface area (Å²) in [4.78, 5) is 44.9. The van der Waals surface area contributed by atoms with Gasteiger partial charge in [-0.15, -0.1) is 0 Å². The molecule has 4 aromatic rings. The molecule has 0 radical (unpaired) electrons. The second-order valence-corrected chi connectivity index (χ2v) is 13.5. The summed E-state index contributed by atoms with van der Waals surface area (Å²) in [5.74, 6) is -0.325. The van der Waals surface area contributed by atoms with E-state index in [1.54, 1.807) is 6.92 Å². The molecule has 1 aliphatic carbocycles. The first kappa shape index (κ1) is 33.8. The number of rotatable bonds is 12. The number of esters is 1. The lowest BCUT2D eigenvalue weighted by molar-refractivity contribution is -0.124. The van der Waals surface area contributed by atoms with Gasteiger partial charge >= 0.3 is 12.0 Å². The molecule has 2 atom stereocenters. The summed E-state index contributed by atoms with van der Waals surface area (Å²) < 4.78 is 13.6. The highest BCUT2D eigenvalue weighted by atomic mass is 16.5. The van der Waals surface area contributed by atoms with E-state index in [1.807, 2.05) is 86.3 Å². The molecule has 0 aliphatic heterocycles. The first-order valence-corrected chi connectivity index (χ1v) is 16.6. The highest BCUT2D eigenvalue weighted by Gasteiger charge is 2.33. The zero-order chi connectivity index (χ0) is 33.6. The molecule has 5 rings (SSSR count). The van der Waals surface area contributed by atoms with Crippen LogP contribution in [-0.2, 0) is 29.6 Å². The number of para-hydroxylation sites is 1. The van der Waals surface area contributed by atoms with Crippen LogP contribution in [0.25, 0.3) is 10.9 Å². The average Bonchev–Trinajstić information content (AvgIpc) is 3.58. The predicted octanol–water partition coefficient (Wildman–Crippen LogP) is 6.67. The molecule has 1 aliphatic rings. The molecular formula is C37H47N5O5. The van der Waals surface area contributed by atoms with E-state index in [1.165, 1.54) is 6.42 Å². The molecule has 3 N–H and O–H groups in total. The summed E-state index contributed by atoms with van der Waals surface area (Å²) in [6.45, 7) is 7.85. The predicted molar refractivity (Wildman–Crippen MR) is 181 cm³/mol. The van der Waals surface area contributed by atoms with Crippen molar-refractivity contribution in [1.82, 2.24) is 25.5 Å². The van der Waals surface area contributed by atoms with E-state index in [4.69, 9.17) is 9.15 Å². The number of ether oxygens (including phenoxy) is 1. The number of carbonyl (C=O) groups is 3. The van der Waals surface area contributed by atoms with Gasteiger partial charge in [0, 0.05) is 36.1 Å². The Morgan fingerprint density at radius 3 is 2.43 bits per heavy atom. The van der Waals surface area contributed by atoms with Gasteiger partial charge in [0.15, 0.2) is 5.69 Å². The number of nitrogens with zero attached hydrogens (tertiary/aromatic N) is 2. The van der Waals surface area contributed by atoms with Crippen LogP contribution in [0.15, 0.2) is 65.2 Å². The quantitative estimate of drug-likeness (QED) is 0.148. The standard InChI is InChI=1S/C37H47N5O5/c1-24(2)20-29(39-36(45)41-37(4)18-12-7-13-19-37)33(43)38-30(21-27-22-42(5)31-17-11-10-16-28(27)31)34-40-32(25(3)47-34)35(44)46-23-26-14-8-6-9-15-26/h6,8-11,14-17,22,24,29-30H,7,12-13,18-21,23H2,1-5H3,(H,38,43)(H2,39,41,45)/t29-,30+/m0/s1. The van der Waals surface area contributed by atoms with Gasteiger partial charge in [0.25, 0.3) is 0 Å². The van der Waals surface area contributed by atoms with Crippen molar-refractivity contribution in [1.29, 1.82) is 0 Å². The molecule has 0 unspecified atom stereocenters. The number of nitrogens with one attached hydrogen (secondary N) is 3. The van der Waals surface area contributed by atoms with E-state index in [2.05, 4.69) is 27.9 Å². The van der Waals surface area contributed by atoms with E-state index >= 15 is 0 Å². The first-order valence-electron chi connectivity index (χ1n) is 16.6.